The summed E-state index contributed by atoms with van der Waals surface area (Å²) in [7, 11) is 0. The molecule has 0 aliphatic carbocycles. The first-order valence-corrected chi connectivity index (χ1v) is 18.6. The van der Waals surface area contributed by atoms with Gasteiger partial charge in [-0.2, -0.15) is 0 Å². The van der Waals surface area contributed by atoms with Crippen molar-refractivity contribution < 1.29 is 38.7 Å². The topological polar surface area (TPSA) is 268 Å². The minimum atomic E-state index is -1.36. The van der Waals surface area contributed by atoms with E-state index >= 15 is 0 Å². The highest BCUT2D eigenvalue weighted by molar-refractivity contribution is 8.00. The molecule has 19 heteroatoms. The Balaban J connectivity index is 1.69. The molecule has 0 unspecified atom stereocenters. The zero-order valence-electron chi connectivity index (χ0n) is 29.3. The molecule has 1 aromatic carbocycles. The molecule has 2 aliphatic rings. The van der Waals surface area contributed by atoms with E-state index in [1.807, 2.05) is 6.92 Å². The van der Waals surface area contributed by atoms with E-state index in [-0.39, 0.29) is 31.0 Å². The van der Waals surface area contributed by atoms with Crippen LogP contribution in [-0.4, -0.2) is 118 Å². The normalized spacial score (nSPS) is 26.2. The molecule has 17 nitrogen and oxygen atoms in total. The van der Waals surface area contributed by atoms with Crippen LogP contribution in [0.1, 0.15) is 44.5 Å². The van der Waals surface area contributed by atoms with E-state index in [0.717, 1.165) is 27.9 Å². The van der Waals surface area contributed by atoms with Gasteiger partial charge in [0.15, 0.2) is 0 Å². The Kier molecular flexibility index (Phi) is 13.4. The van der Waals surface area contributed by atoms with Gasteiger partial charge >= 0.3 is 0 Å². The average Bonchev–Trinajstić information content (AvgIpc) is 3.70. The van der Waals surface area contributed by atoms with Crippen molar-refractivity contribution in [2.24, 2.45) is 16.9 Å². The molecule has 0 saturated carbocycles. The SMILES string of the molecule is Cc1ncsc1-c1ccc([C@H]2NC(=O)[C@@H]3C[C@H](O)CN3C(=O)[C@H](C(C)(C)C)NC(=O)CSC[C@H](C(N)=O)NC(=O)[C@@H](CN)NC(=O)CNC2=O)cc1. The summed E-state index contributed by atoms with van der Waals surface area (Å²) in [6, 6.07) is 0.563. The number of aromatic nitrogens is 1. The number of carbonyl (C=O) groups excluding carboxylic acids is 7. The second kappa shape index (κ2) is 17.3. The van der Waals surface area contributed by atoms with Crippen molar-refractivity contribution in [2.75, 3.05) is 31.1 Å². The maximum atomic E-state index is 14.1. The number of hydrogen-bond donors (Lipinski definition) is 8. The van der Waals surface area contributed by atoms with Gasteiger partial charge in [-0.25, -0.2) is 4.98 Å². The molecule has 2 fully saturated rings. The van der Waals surface area contributed by atoms with Gasteiger partial charge in [0.2, 0.25) is 41.4 Å². The summed E-state index contributed by atoms with van der Waals surface area (Å²) in [6.45, 7) is 5.87. The number of thioether (sulfide) groups is 1. The van der Waals surface area contributed by atoms with E-state index in [9.17, 15) is 38.7 Å². The minimum absolute atomic E-state index is 0.114. The summed E-state index contributed by atoms with van der Waals surface area (Å²) < 4.78 is 0. The van der Waals surface area contributed by atoms with E-state index < -0.39 is 89.6 Å². The fourth-order valence-corrected chi connectivity index (χ4v) is 7.43. The quantitative estimate of drug-likeness (QED) is 0.170. The van der Waals surface area contributed by atoms with Crippen LogP contribution >= 0.6 is 23.1 Å². The third kappa shape index (κ3) is 10.0. The van der Waals surface area contributed by atoms with Crippen LogP contribution in [0.4, 0.5) is 0 Å². The van der Waals surface area contributed by atoms with Crippen molar-refractivity contribution in [1.29, 1.82) is 0 Å². The summed E-state index contributed by atoms with van der Waals surface area (Å²) in [5.74, 6) is -5.56. The van der Waals surface area contributed by atoms with Gasteiger partial charge in [-0.05, 0) is 23.5 Å². The third-order valence-electron chi connectivity index (χ3n) is 8.57. The van der Waals surface area contributed by atoms with Gasteiger partial charge in [0.1, 0.15) is 30.2 Å². The van der Waals surface area contributed by atoms with E-state index in [4.69, 9.17) is 11.5 Å². The molecule has 2 saturated heterocycles. The number of aliphatic hydroxyl groups excluding tert-OH is 1. The number of amides is 7. The van der Waals surface area contributed by atoms with Crippen molar-refractivity contribution in [2.45, 2.75) is 70.4 Å². The van der Waals surface area contributed by atoms with Crippen LogP contribution in [-0.2, 0) is 33.6 Å². The Morgan fingerprint density at radius 3 is 2.27 bits per heavy atom. The number of nitrogens with two attached hydrogens (primary N) is 2. The number of hydrogen-bond acceptors (Lipinski definition) is 12. The van der Waals surface area contributed by atoms with Gasteiger partial charge in [-0.1, -0.05) is 45.0 Å². The molecule has 52 heavy (non-hydrogen) atoms. The van der Waals surface area contributed by atoms with Crippen LogP contribution in [0.3, 0.4) is 0 Å². The largest absolute Gasteiger partial charge is 0.391 e. The summed E-state index contributed by atoms with van der Waals surface area (Å²) >= 11 is 2.41. The summed E-state index contributed by atoms with van der Waals surface area (Å²) in [5.41, 5.74) is 14.1. The number of thiazole rings is 1. The fourth-order valence-electron chi connectivity index (χ4n) is 5.75. The predicted molar refractivity (Wildman–Crippen MR) is 193 cm³/mol. The van der Waals surface area contributed by atoms with Crippen LogP contribution in [0.5, 0.6) is 0 Å². The zero-order valence-corrected chi connectivity index (χ0v) is 30.9. The Labute approximate surface area is 308 Å². The average molecular weight is 760 g/mol. The van der Waals surface area contributed by atoms with E-state index in [1.54, 1.807) is 50.5 Å². The Morgan fingerprint density at radius 1 is 0.981 bits per heavy atom. The monoisotopic (exact) mass is 759 g/mol. The summed E-state index contributed by atoms with van der Waals surface area (Å²) in [4.78, 5) is 99.2. The third-order valence-corrected chi connectivity index (χ3v) is 10.6. The van der Waals surface area contributed by atoms with Crippen molar-refractivity contribution >= 4 is 64.4 Å². The second-order valence-corrected chi connectivity index (χ2v) is 15.5. The molecule has 0 radical (unpaired) electrons. The first-order chi connectivity index (χ1) is 24.5. The number of rotatable bonds is 4. The number of primary amides is 1. The number of nitrogens with zero attached hydrogens (tertiary/aromatic N) is 2. The predicted octanol–water partition coefficient (Wildman–Crippen LogP) is -1.95. The smallest absolute Gasteiger partial charge is 0.247 e. The maximum Gasteiger partial charge on any atom is 0.247 e. The molecule has 7 amide bonds. The molecule has 0 bridgehead atoms. The molecule has 2 aliphatic heterocycles. The first kappa shape index (κ1) is 40.2. The molecule has 282 valence electrons. The molecule has 4 rings (SSSR count). The Morgan fingerprint density at radius 2 is 1.67 bits per heavy atom. The van der Waals surface area contributed by atoms with Gasteiger partial charge in [0.05, 0.1) is 34.5 Å². The lowest BCUT2D eigenvalue weighted by atomic mass is 9.85. The van der Waals surface area contributed by atoms with Crippen LogP contribution in [0.15, 0.2) is 29.8 Å². The van der Waals surface area contributed by atoms with Crippen LogP contribution in [0.2, 0.25) is 0 Å². The highest BCUT2D eigenvalue weighted by Gasteiger charge is 2.45. The van der Waals surface area contributed by atoms with Crippen molar-refractivity contribution in [3.8, 4) is 10.4 Å². The molecule has 3 heterocycles. The summed E-state index contributed by atoms with van der Waals surface area (Å²) in [6.07, 6.45) is -1.19. The molecular formula is C33H45N9O8S2. The molecule has 0 spiro atoms. The number of benzene rings is 1. The Bertz CT molecular complexity index is 1680. The molecule has 6 atom stereocenters. The van der Waals surface area contributed by atoms with Gasteiger partial charge in [-0.15, -0.1) is 23.1 Å². The van der Waals surface area contributed by atoms with Crippen LogP contribution in [0, 0.1) is 12.3 Å². The van der Waals surface area contributed by atoms with Crippen LogP contribution in [0.25, 0.3) is 10.4 Å². The highest BCUT2D eigenvalue weighted by Crippen LogP contribution is 2.30. The maximum absolute atomic E-state index is 14.1. The highest BCUT2D eigenvalue weighted by atomic mass is 32.2. The fraction of sp³-hybridized carbons (Fsp3) is 0.515. The Hall–Kier alpha value is -4.59. The van der Waals surface area contributed by atoms with Crippen molar-refractivity contribution in [3.63, 3.8) is 0 Å². The van der Waals surface area contributed by atoms with Crippen molar-refractivity contribution in [1.82, 2.24) is 36.5 Å². The second-order valence-electron chi connectivity index (χ2n) is 13.6. The summed E-state index contributed by atoms with van der Waals surface area (Å²) in [5, 5.41) is 23.4. The lowest BCUT2D eigenvalue weighted by Crippen LogP contribution is -2.58. The van der Waals surface area contributed by atoms with Crippen molar-refractivity contribution in [3.05, 3.63) is 41.0 Å². The van der Waals surface area contributed by atoms with E-state index in [2.05, 4.69) is 31.6 Å². The van der Waals surface area contributed by atoms with Gasteiger partial charge in [-0.3, -0.25) is 33.6 Å². The minimum Gasteiger partial charge on any atom is -0.391 e. The number of carbonyl (C=O) groups is 7. The first-order valence-electron chi connectivity index (χ1n) is 16.5. The van der Waals surface area contributed by atoms with Gasteiger partial charge in [0, 0.05) is 25.3 Å². The zero-order chi connectivity index (χ0) is 38.3. The number of nitrogens with one attached hydrogen (secondary N) is 5. The standard InChI is InChI=1S/C33H45N9O8S2/c1-16-26(52-15-37-16)18-7-5-17(6-8-18)25-31(49)36-11-23(44)38-20(10-34)29(47)39-21(28(35)46)13-51-14-24(45)40-27(33(2,3)4)32(50)42-12-19(43)9-22(42)30(48)41-25/h5-8,15,19-22,25,27,43H,9-14,34H2,1-4H3,(H2,35,46)(H,36,49)(H,38,44)(H,39,47)(H,40,45)(H,41,48)/t19-,20+,21+,22-,25+,27+/m0/s1. The van der Waals surface area contributed by atoms with Crippen LogP contribution < -0.4 is 38.1 Å². The molecule has 1 aromatic heterocycles. The number of aliphatic hydroxyl groups is 1. The lowest BCUT2D eigenvalue weighted by molar-refractivity contribution is -0.144. The number of aryl methyl sites for hydroxylation is 1. The van der Waals surface area contributed by atoms with Gasteiger partial charge in [0.25, 0.3) is 0 Å². The lowest BCUT2D eigenvalue weighted by Gasteiger charge is -2.35. The molecule has 2 aromatic rings. The number of fused-ring (bicyclic) bond motifs is 1. The van der Waals surface area contributed by atoms with Gasteiger partial charge < -0.3 is 48.1 Å². The molecular weight excluding hydrogens is 715 g/mol. The van der Waals surface area contributed by atoms with E-state index in [1.165, 1.54) is 16.2 Å². The van der Waals surface area contributed by atoms with E-state index in [0.29, 0.717) is 5.56 Å². The molecule has 10 N–H and O–H groups in total.